The Morgan fingerprint density at radius 2 is 1.29 bits per heavy atom. The number of carbonyl (C=O) groups is 3. The molecule has 1 aromatic rings. The standard InChI is InChI=1S/C37H67N3O9/c1-8-10-12-14-16-18-33(41)46-30-32(49-35(43)19-17-15-13-11-9-2)29-40-28-31(38-39-40)20-21-34(42)45-26-27-48-37(5,6)23-25-47-36(3,4)22-24-44-7/h28,32H,8-27,29-30H2,1-7H3. The molecule has 1 unspecified atom stereocenters. The maximum Gasteiger partial charge on any atom is 0.306 e. The summed E-state index contributed by atoms with van der Waals surface area (Å²) in [5, 5.41) is 8.31. The predicted octanol–water partition coefficient (Wildman–Crippen LogP) is 6.95. The van der Waals surface area contributed by atoms with Gasteiger partial charge in [0.1, 0.15) is 13.2 Å². The van der Waals surface area contributed by atoms with Crippen molar-refractivity contribution in [3.63, 3.8) is 0 Å². The van der Waals surface area contributed by atoms with Crippen molar-refractivity contribution in [1.29, 1.82) is 0 Å². The Kier molecular flexibility index (Phi) is 23.8. The highest BCUT2D eigenvalue weighted by atomic mass is 16.6. The molecule has 1 atom stereocenters. The zero-order chi connectivity index (χ0) is 36.4. The first kappa shape index (κ1) is 44.5. The van der Waals surface area contributed by atoms with Crippen molar-refractivity contribution in [1.82, 2.24) is 15.0 Å². The van der Waals surface area contributed by atoms with Crippen molar-refractivity contribution < 1.29 is 42.8 Å². The monoisotopic (exact) mass is 697 g/mol. The average Bonchev–Trinajstić information content (AvgIpc) is 3.50. The van der Waals surface area contributed by atoms with Gasteiger partial charge >= 0.3 is 17.9 Å². The van der Waals surface area contributed by atoms with Crippen LogP contribution >= 0.6 is 0 Å². The lowest BCUT2D eigenvalue weighted by atomic mass is 10.0. The van der Waals surface area contributed by atoms with Crippen LogP contribution in [0.15, 0.2) is 6.20 Å². The van der Waals surface area contributed by atoms with E-state index in [1.165, 1.54) is 0 Å². The molecule has 12 heteroatoms. The zero-order valence-electron chi connectivity index (χ0n) is 31.7. The molecule has 1 rings (SSSR count). The summed E-state index contributed by atoms with van der Waals surface area (Å²) in [4.78, 5) is 37.3. The quantitative estimate of drug-likeness (QED) is 0.0453. The second-order valence-electron chi connectivity index (χ2n) is 14.0. The van der Waals surface area contributed by atoms with Gasteiger partial charge in [0, 0.05) is 39.2 Å². The molecule has 49 heavy (non-hydrogen) atoms. The van der Waals surface area contributed by atoms with Crippen molar-refractivity contribution in [3.8, 4) is 0 Å². The highest BCUT2D eigenvalue weighted by Gasteiger charge is 2.23. The fourth-order valence-corrected chi connectivity index (χ4v) is 4.96. The molecule has 0 spiro atoms. The maximum atomic E-state index is 12.6. The molecule has 1 aromatic heterocycles. The molecule has 0 saturated heterocycles. The maximum absolute atomic E-state index is 12.6. The van der Waals surface area contributed by atoms with Crippen LogP contribution in [-0.2, 0) is 55.8 Å². The molecule has 0 amide bonds. The molecule has 0 aliphatic heterocycles. The Balaban J connectivity index is 2.49. The van der Waals surface area contributed by atoms with Crippen LogP contribution in [0.1, 0.15) is 144 Å². The Labute approximate surface area is 295 Å². The minimum absolute atomic E-state index is 0.0465. The first-order chi connectivity index (χ1) is 23.4. The van der Waals surface area contributed by atoms with Gasteiger partial charge in [-0.15, -0.1) is 5.10 Å². The van der Waals surface area contributed by atoms with E-state index in [9.17, 15) is 14.4 Å². The summed E-state index contributed by atoms with van der Waals surface area (Å²) in [6.45, 7) is 14.1. The number of aromatic nitrogens is 3. The summed E-state index contributed by atoms with van der Waals surface area (Å²) in [7, 11) is 1.68. The van der Waals surface area contributed by atoms with Gasteiger partial charge in [-0.2, -0.15) is 0 Å². The lowest BCUT2D eigenvalue weighted by Gasteiger charge is -2.29. The topological polar surface area (TPSA) is 137 Å². The van der Waals surface area contributed by atoms with Crippen molar-refractivity contribution in [2.24, 2.45) is 0 Å². The third-order valence-corrected chi connectivity index (χ3v) is 8.20. The molecular formula is C37H67N3O9. The van der Waals surface area contributed by atoms with E-state index in [1.54, 1.807) is 18.0 Å². The van der Waals surface area contributed by atoms with Crippen molar-refractivity contribution in [2.45, 2.75) is 168 Å². The van der Waals surface area contributed by atoms with Crippen molar-refractivity contribution in [2.75, 3.05) is 40.1 Å². The number of aryl methyl sites for hydroxylation is 1. The molecule has 0 N–H and O–H groups in total. The molecule has 0 aromatic carbocycles. The van der Waals surface area contributed by atoms with E-state index in [2.05, 4.69) is 24.2 Å². The highest BCUT2D eigenvalue weighted by molar-refractivity contribution is 5.70. The fraction of sp³-hybridized carbons (Fsp3) is 0.865. The van der Waals surface area contributed by atoms with Crippen molar-refractivity contribution in [3.05, 3.63) is 11.9 Å². The largest absolute Gasteiger partial charge is 0.463 e. The molecule has 0 aliphatic carbocycles. The third kappa shape index (κ3) is 24.3. The molecule has 0 radical (unpaired) electrons. The summed E-state index contributed by atoms with van der Waals surface area (Å²) in [5.74, 6) is -0.968. The molecule has 0 fully saturated rings. The second-order valence-corrected chi connectivity index (χ2v) is 14.0. The van der Waals surface area contributed by atoms with E-state index >= 15 is 0 Å². The van der Waals surface area contributed by atoms with Crippen LogP contribution in [0.5, 0.6) is 0 Å². The van der Waals surface area contributed by atoms with Gasteiger partial charge in [-0.1, -0.05) is 70.4 Å². The van der Waals surface area contributed by atoms with Crippen molar-refractivity contribution >= 4 is 17.9 Å². The lowest BCUT2D eigenvalue weighted by molar-refractivity contribution is -0.160. The smallest absolute Gasteiger partial charge is 0.306 e. The Hall–Kier alpha value is -2.57. The van der Waals surface area contributed by atoms with Crippen LogP contribution < -0.4 is 0 Å². The van der Waals surface area contributed by atoms with Crippen LogP contribution in [0.2, 0.25) is 0 Å². The van der Waals surface area contributed by atoms with Crippen LogP contribution in [0, 0.1) is 0 Å². The Bertz CT molecular complexity index is 1030. The number of nitrogens with zero attached hydrogens (tertiary/aromatic N) is 3. The van der Waals surface area contributed by atoms with E-state index in [-0.39, 0.29) is 56.3 Å². The van der Waals surface area contributed by atoms with E-state index in [0.717, 1.165) is 70.6 Å². The van der Waals surface area contributed by atoms with Gasteiger partial charge in [-0.25, -0.2) is 4.68 Å². The first-order valence-electron chi connectivity index (χ1n) is 18.6. The molecule has 1 heterocycles. The van der Waals surface area contributed by atoms with E-state index in [4.69, 9.17) is 28.4 Å². The van der Waals surface area contributed by atoms with E-state index < -0.39 is 11.7 Å². The number of carbonyl (C=O) groups excluding carboxylic acids is 3. The number of rotatable bonds is 31. The van der Waals surface area contributed by atoms with Gasteiger partial charge in [-0.05, 0) is 53.4 Å². The van der Waals surface area contributed by atoms with Gasteiger partial charge in [0.25, 0.3) is 0 Å². The molecule has 0 aliphatic rings. The first-order valence-corrected chi connectivity index (χ1v) is 18.6. The number of hydrogen-bond acceptors (Lipinski definition) is 11. The lowest BCUT2D eigenvalue weighted by Crippen LogP contribution is -2.32. The highest BCUT2D eigenvalue weighted by Crippen LogP contribution is 2.19. The number of methoxy groups -OCH3 is 1. The number of esters is 3. The number of unbranched alkanes of at least 4 members (excludes halogenated alkanes) is 8. The fourth-order valence-electron chi connectivity index (χ4n) is 4.96. The van der Waals surface area contributed by atoms with Crippen LogP contribution in [-0.4, -0.2) is 90.4 Å². The summed E-state index contributed by atoms with van der Waals surface area (Å²) >= 11 is 0. The van der Waals surface area contributed by atoms with Crippen LogP contribution in [0.25, 0.3) is 0 Å². The minimum atomic E-state index is -0.690. The molecular weight excluding hydrogens is 630 g/mol. The Morgan fingerprint density at radius 1 is 0.714 bits per heavy atom. The van der Waals surface area contributed by atoms with E-state index in [0.29, 0.717) is 44.6 Å². The second kappa shape index (κ2) is 26.3. The number of ether oxygens (including phenoxy) is 6. The SMILES string of the molecule is CCCCCCCC(=O)OCC(Cn1cc(CCC(=O)OCCOC(C)(C)CCOC(C)(C)CCOC)nn1)OC(=O)CCCCCCC. The summed E-state index contributed by atoms with van der Waals surface area (Å²) in [6.07, 6.45) is 14.0. The van der Waals surface area contributed by atoms with Gasteiger partial charge < -0.3 is 28.4 Å². The normalized spacial score (nSPS) is 12.6. The van der Waals surface area contributed by atoms with Crippen LogP contribution in [0.4, 0.5) is 0 Å². The summed E-state index contributed by atoms with van der Waals surface area (Å²) in [6, 6.07) is 0. The summed E-state index contributed by atoms with van der Waals surface area (Å²) < 4.78 is 35.2. The van der Waals surface area contributed by atoms with Gasteiger partial charge in [-0.3, -0.25) is 14.4 Å². The average molecular weight is 698 g/mol. The Morgan fingerprint density at radius 3 is 1.92 bits per heavy atom. The van der Waals surface area contributed by atoms with Gasteiger partial charge in [0.2, 0.25) is 0 Å². The molecule has 284 valence electrons. The molecule has 0 bridgehead atoms. The molecule has 0 saturated carbocycles. The third-order valence-electron chi connectivity index (χ3n) is 8.20. The molecule has 12 nitrogen and oxygen atoms in total. The van der Waals surface area contributed by atoms with Crippen LogP contribution in [0.3, 0.4) is 0 Å². The zero-order valence-corrected chi connectivity index (χ0v) is 31.7. The van der Waals surface area contributed by atoms with E-state index in [1.807, 2.05) is 27.7 Å². The van der Waals surface area contributed by atoms with Gasteiger partial charge in [0.05, 0.1) is 43.1 Å². The van der Waals surface area contributed by atoms with Gasteiger partial charge in [0.15, 0.2) is 6.10 Å². The predicted molar refractivity (Wildman–Crippen MR) is 188 cm³/mol. The minimum Gasteiger partial charge on any atom is -0.463 e. The number of hydrogen-bond donors (Lipinski definition) is 0. The summed E-state index contributed by atoms with van der Waals surface area (Å²) in [5.41, 5.74) is -0.0838.